The molecule has 1 aromatic carbocycles. The van der Waals surface area contributed by atoms with Crippen molar-refractivity contribution in [1.29, 1.82) is 0 Å². The molecule has 0 aromatic heterocycles. The van der Waals surface area contributed by atoms with E-state index in [0.717, 1.165) is 24.1 Å². The topological polar surface area (TPSA) is 52.6 Å². The van der Waals surface area contributed by atoms with Crippen molar-refractivity contribution >= 4 is 11.7 Å². The smallest absolute Gasteiger partial charge is 0.322 e. The second-order valence-electron chi connectivity index (χ2n) is 5.77. The number of anilines is 1. The summed E-state index contributed by atoms with van der Waals surface area (Å²) in [5, 5.41) is 12.5. The molecule has 2 amide bonds. The van der Waals surface area contributed by atoms with Crippen LogP contribution in [-0.4, -0.2) is 28.1 Å². The Kier molecular flexibility index (Phi) is 4.65. The van der Waals surface area contributed by atoms with Crippen LogP contribution in [0.3, 0.4) is 0 Å². The van der Waals surface area contributed by atoms with Gasteiger partial charge in [0.25, 0.3) is 0 Å². The van der Waals surface area contributed by atoms with Crippen LogP contribution in [0.1, 0.15) is 51.7 Å². The minimum Gasteiger partial charge on any atom is -0.389 e. The fourth-order valence-electron chi connectivity index (χ4n) is 2.89. The van der Waals surface area contributed by atoms with E-state index in [9.17, 15) is 9.90 Å². The average molecular weight is 276 g/mol. The number of nitrogens with one attached hydrogen (secondary N) is 1. The molecule has 2 N–H and O–H groups in total. The fourth-order valence-corrected chi connectivity index (χ4v) is 2.89. The Morgan fingerprint density at radius 1 is 1.35 bits per heavy atom. The second-order valence-corrected chi connectivity index (χ2v) is 5.77. The van der Waals surface area contributed by atoms with Gasteiger partial charge in [0.1, 0.15) is 0 Å². The standard InChI is InChI=1S/C16H24N2O2/c1-11-6-4-7-12(2)18(11)16(20)17-15-9-5-8-14(10-15)13(3)19/h5,8-13,19H,4,6-7H2,1-3H3,(H,17,20). The molecular weight excluding hydrogens is 252 g/mol. The van der Waals surface area contributed by atoms with E-state index in [4.69, 9.17) is 0 Å². The molecule has 3 atom stereocenters. The summed E-state index contributed by atoms with van der Waals surface area (Å²) in [6.45, 7) is 5.92. The van der Waals surface area contributed by atoms with E-state index in [2.05, 4.69) is 19.2 Å². The quantitative estimate of drug-likeness (QED) is 0.868. The highest BCUT2D eigenvalue weighted by Crippen LogP contribution is 2.24. The average Bonchev–Trinajstić information content (AvgIpc) is 2.38. The lowest BCUT2D eigenvalue weighted by Crippen LogP contribution is -2.49. The van der Waals surface area contributed by atoms with E-state index < -0.39 is 6.10 Å². The summed E-state index contributed by atoms with van der Waals surface area (Å²) < 4.78 is 0. The number of urea groups is 1. The first-order valence-corrected chi connectivity index (χ1v) is 7.36. The number of hydrogen-bond acceptors (Lipinski definition) is 2. The van der Waals surface area contributed by atoms with E-state index >= 15 is 0 Å². The minimum atomic E-state index is -0.528. The van der Waals surface area contributed by atoms with E-state index in [1.54, 1.807) is 6.92 Å². The molecule has 4 heteroatoms. The molecule has 0 bridgehead atoms. The summed E-state index contributed by atoms with van der Waals surface area (Å²) in [5.41, 5.74) is 1.54. The normalized spacial score (nSPS) is 24.3. The number of rotatable bonds is 2. The highest BCUT2D eigenvalue weighted by Gasteiger charge is 2.28. The maximum atomic E-state index is 12.4. The van der Waals surface area contributed by atoms with Gasteiger partial charge in [0, 0.05) is 17.8 Å². The zero-order valence-electron chi connectivity index (χ0n) is 12.5. The number of aliphatic hydroxyl groups excluding tert-OH is 1. The second kappa shape index (κ2) is 6.27. The van der Waals surface area contributed by atoms with Crippen LogP contribution in [0, 0.1) is 0 Å². The molecule has 1 saturated heterocycles. The molecule has 1 aliphatic rings. The van der Waals surface area contributed by atoms with Crippen molar-refractivity contribution < 1.29 is 9.90 Å². The van der Waals surface area contributed by atoms with Crippen LogP contribution in [0.2, 0.25) is 0 Å². The molecule has 20 heavy (non-hydrogen) atoms. The SMILES string of the molecule is CC(O)c1cccc(NC(=O)N2C(C)CCCC2C)c1. The first kappa shape index (κ1) is 14.9. The van der Waals surface area contributed by atoms with Gasteiger partial charge in [-0.25, -0.2) is 4.79 Å². The Balaban J connectivity index is 2.09. The molecule has 0 spiro atoms. The molecule has 3 unspecified atom stereocenters. The Bertz CT molecular complexity index is 463. The van der Waals surface area contributed by atoms with E-state index in [1.807, 2.05) is 29.2 Å². The van der Waals surface area contributed by atoms with E-state index in [1.165, 1.54) is 6.42 Å². The molecule has 0 radical (unpaired) electrons. The van der Waals surface area contributed by atoms with Gasteiger partial charge in [-0.15, -0.1) is 0 Å². The van der Waals surface area contributed by atoms with Crippen molar-refractivity contribution in [3.05, 3.63) is 29.8 Å². The molecule has 1 aliphatic heterocycles. The maximum Gasteiger partial charge on any atom is 0.322 e. The monoisotopic (exact) mass is 276 g/mol. The van der Waals surface area contributed by atoms with Crippen LogP contribution >= 0.6 is 0 Å². The van der Waals surface area contributed by atoms with Crippen molar-refractivity contribution in [2.75, 3.05) is 5.32 Å². The molecule has 1 fully saturated rings. The summed E-state index contributed by atoms with van der Waals surface area (Å²) in [5.74, 6) is 0. The summed E-state index contributed by atoms with van der Waals surface area (Å²) in [7, 11) is 0. The van der Waals surface area contributed by atoms with Crippen molar-refractivity contribution in [3.63, 3.8) is 0 Å². The summed E-state index contributed by atoms with van der Waals surface area (Å²) in [6, 6.07) is 7.88. The Hall–Kier alpha value is -1.55. The first-order chi connectivity index (χ1) is 9.49. The fraction of sp³-hybridized carbons (Fsp3) is 0.562. The third-order valence-electron chi connectivity index (χ3n) is 4.05. The van der Waals surface area contributed by atoms with Gasteiger partial charge in [0.2, 0.25) is 0 Å². The molecule has 4 nitrogen and oxygen atoms in total. The van der Waals surface area contributed by atoms with Gasteiger partial charge >= 0.3 is 6.03 Å². The van der Waals surface area contributed by atoms with Crippen LogP contribution < -0.4 is 5.32 Å². The summed E-state index contributed by atoms with van der Waals surface area (Å²) >= 11 is 0. The lowest BCUT2D eigenvalue weighted by atomic mass is 9.98. The first-order valence-electron chi connectivity index (χ1n) is 7.36. The van der Waals surface area contributed by atoms with Crippen molar-refractivity contribution in [2.45, 2.75) is 58.2 Å². The predicted molar refractivity (Wildman–Crippen MR) is 80.7 cm³/mol. The summed E-state index contributed by atoms with van der Waals surface area (Å²) in [4.78, 5) is 14.4. The van der Waals surface area contributed by atoms with Crippen molar-refractivity contribution in [2.24, 2.45) is 0 Å². The van der Waals surface area contributed by atoms with Gasteiger partial charge in [-0.3, -0.25) is 0 Å². The zero-order chi connectivity index (χ0) is 14.7. The number of carbonyl (C=O) groups excluding carboxylic acids is 1. The number of piperidine rings is 1. The molecule has 0 aliphatic carbocycles. The van der Waals surface area contributed by atoms with Gasteiger partial charge in [0.05, 0.1) is 6.10 Å². The number of nitrogens with zero attached hydrogens (tertiary/aromatic N) is 1. The molecule has 2 rings (SSSR count). The Labute approximate surface area is 120 Å². The minimum absolute atomic E-state index is 0.0487. The van der Waals surface area contributed by atoms with Crippen LogP contribution in [0.25, 0.3) is 0 Å². The maximum absolute atomic E-state index is 12.4. The van der Waals surface area contributed by atoms with Crippen molar-refractivity contribution in [1.82, 2.24) is 4.90 Å². The Morgan fingerprint density at radius 3 is 2.60 bits per heavy atom. The lowest BCUT2D eigenvalue weighted by Gasteiger charge is -2.38. The molecule has 1 aromatic rings. The summed E-state index contributed by atoms with van der Waals surface area (Å²) in [6.07, 6.45) is 2.78. The number of aliphatic hydroxyl groups is 1. The Morgan fingerprint density at radius 2 is 2.00 bits per heavy atom. The van der Waals surface area contributed by atoms with Gasteiger partial charge < -0.3 is 15.3 Å². The largest absolute Gasteiger partial charge is 0.389 e. The number of benzene rings is 1. The lowest BCUT2D eigenvalue weighted by molar-refractivity contribution is 0.133. The zero-order valence-corrected chi connectivity index (χ0v) is 12.5. The van der Waals surface area contributed by atoms with Gasteiger partial charge in [-0.2, -0.15) is 0 Å². The number of likely N-dealkylation sites (tertiary alicyclic amines) is 1. The predicted octanol–water partition coefficient (Wildman–Crippen LogP) is 3.53. The van der Waals surface area contributed by atoms with Gasteiger partial charge in [-0.1, -0.05) is 12.1 Å². The van der Waals surface area contributed by atoms with E-state index in [0.29, 0.717) is 0 Å². The van der Waals surface area contributed by atoms with Crippen LogP contribution in [0.5, 0.6) is 0 Å². The van der Waals surface area contributed by atoms with Crippen LogP contribution in [-0.2, 0) is 0 Å². The van der Waals surface area contributed by atoms with Gasteiger partial charge in [0.15, 0.2) is 0 Å². The number of hydrogen-bond donors (Lipinski definition) is 2. The highest BCUT2D eigenvalue weighted by molar-refractivity contribution is 5.89. The third-order valence-corrected chi connectivity index (χ3v) is 4.05. The van der Waals surface area contributed by atoms with E-state index in [-0.39, 0.29) is 18.1 Å². The van der Waals surface area contributed by atoms with Crippen molar-refractivity contribution in [3.8, 4) is 0 Å². The van der Waals surface area contributed by atoms with Crippen LogP contribution in [0.4, 0.5) is 10.5 Å². The molecule has 110 valence electrons. The molecule has 0 saturated carbocycles. The molecular formula is C16H24N2O2. The third kappa shape index (κ3) is 3.31. The number of carbonyl (C=O) groups is 1. The van der Waals surface area contributed by atoms with Gasteiger partial charge in [-0.05, 0) is 57.7 Å². The molecule has 1 heterocycles. The van der Waals surface area contributed by atoms with Crippen LogP contribution in [0.15, 0.2) is 24.3 Å². The number of amides is 2. The highest BCUT2D eigenvalue weighted by atomic mass is 16.3.